The van der Waals surface area contributed by atoms with Crippen LogP contribution in [-0.4, -0.2) is 42.9 Å². The van der Waals surface area contributed by atoms with Gasteiger partial charge in [0.05, 0.1) is 28.3 Å². The van der Waals surface area contributed by atoms with E-state index in [1.165, 1.54) is 9.80 Å². The van der Waals surface area contributed by atoms with Gasteiger partial charge in [0, 0.05) is 5.92 Å². The summed E-state index contributed by atoms with van der Waals surface area (Å²) in [6, 6.07) is 34.7. The number of rotatable bonds is 5. The third-order valence-corrected chi connectivity index (χ3v) is 13.9. The number of nitrogens with zero attached hydrogens (tertiary/aromatic N) is 2. The number of benzene rings is 4. The molecular weight excluding hydrogens is 613 g/mol. The number of carbonyl (C=O) groups is 4. The summed E-state index contributed by atoms with van der Waals surface area (Å²) in [5.74, 6) is -2.11. The first-order valence-corrected chi connectivity index (χ1v) is 16.8. The summed E-state index contributed by atoms with van der Waals surface area (Å²) in [5.41, 5.74) is 4.16. The molecule has 4 amide bonds. The fourth-order valence-electron chi connectivity index (χ4n) is 8.51. The van der Waals surface area contributed by atoms with E-state index < -0.39 is 32.6 Å². The molecule has 1 saturated heterocycles. The van der Waals surface area contributed by atoms with Crippen molar-refractivity contribution in [3.05, 3.63) is 165 Å². The Morgan fingerprint density at radius 3 is 1.63 bits per heavy atom. The highest BCUT2D eigenvalue weighted by molar-refractivity contribution is 8.14. The van der Waals surface area contributed by atoms with Crippen molar-refractivity contribution in [3.8, 4) is 0 Å². The van der Waals surface area contributed by atoms with Crippen molar-refractivity contribution in [2.24, 2.45) is 0 Å². The van der Waals surface area contributed by atoms with Crippen LogP contribution in [0.25, 0.3) is 0 Å². The Morgan fingerprint density at radius 2 is 1.09 bits per heavy atom. The van der Waals surface area contributed by atoms with Crippen molar-refractivity contribution >= 4 is 47.2 Å². The maximum absolute atomic E-state index is 15.4. The van der Waals surface area contributed by atoms with Gasteiger partial charge in [0.1, 0.15) is 9.49 Å². The van der Waals surface area contributed by atoms with E-state index in [9.17, 15) is 9.59 Å². The quantitative estimate of drug-likeness (QED) is 0.200. The van der Waals surface area contributed by atoms with Gasteiger partial charge in [-0.3, -0.25) is 29.0 Å². The number of thioether (sulfide) groups is 2. The Hall–Kier alpha value is -4.66. The SMILES string of the molecule is C=CC12c3ccccc3C(c3ccccc31)[C@@]13SC4=C(S[C@@]21C(=O)N(Cc1ccccc1)C3=O)C(=O)N(Cc1ccccc1)C4=O. The zero-order chi connectivity index (χ0) is 31.4. The highest BCUT2D eigenvalue weighted by Gasteiger charge is 2.86. The standard InChI is InChI=1S/C38H26N2O4S2/c1-2-36-27-19-11-9-17-25(27)29(26-18-10-12-20-28(26)36)37-34(43)40(22-24-15-7-4-8-16-24)35(44)38(36,37)46-31-30(45-37)32(41)39(33(31)42)21-23-13-5-3-6-14-23/h2-20,29H,1,21-22H2/t29?,36?,37-,38-/m0/s1. The first kappa shape index (κ1) is 27.6. The van der Waals surface area contributed by atoms with Gasteiger partial charge in [-0.05, 0) is 33.4 Å². The molecule has 0 N–H and O–H groups in total. The molecule has 0 unspecified atom stereocenters. The topological polar surface area (TPSA) is 74.8 Å². The fourth-order valence-corrected chi connectivity index (χ4v) is 12.4. The van der Waals surface area contributed by atoms with Crippen LogP contribution in [0.4, 0.5) is 0 Å². The van der Waals surface area contributed by atoms with E-state index in [2.05, 4.69) is 6.58 Å². The molecule has 8 heteroatoms. The maximum atomic E-state index is 15.4. The van der Waals surface area contributed by atoms with Gasteiger partial charge in [0.15, 0.2) is 0 Å². The normalized spacial score (nSPS) is 28.6. The molecule has 3 heterocycles. The minimum atomic E-state index is -1.51. The molecule has 224 valence electrons. The van der Waals surface area contributed by atoms with Crippen LogP contribution in [-0.2, 0) is 37.7 Å². The van der Waals surface area contributed by atoms with Gasteiger partial charge in [-0.25, -0.2) is 0 Å². The van der Waals surface area contributed by atoms with E-state index in [4.69, 9.17) is 0 Å². The van der Waals surface area contributed by atoms with Crippen LogP contribution in [0, 0.1) is 0 Å². The summed E-state index contributed by atoms with van der Waals surface area (Å²) < 4.78 is -2.96. The lowest BCUT2D eigenvalue weighted by Crippen LogP contribution is -2.73. The number of hydrogen-bond acceptors (Lipinski definition) is 6. The van der Waals surface area contributed by atoms with E-state index in [0.717, 1.165) is 56.9 Å². The summed E-state index contributed by atoms with van der Waals surface area (Å²) in [6.07, 6.45) is 1.81. The average molecular weight is 639 g/mol. The van der Waals surface area contributed by atoms with E-state index >= 15 is 9.59 Å². The average Bonchev–Trinajstić information content (AvgIpc) is 3.43. The lowest BCUT2D eigenvalue weighted by atomic mass is 9.46. The zero-order valence-corrected chi connectivity index (χ0v) is 26.1. The fraction of sp³-hybridized carbons (Fsp3) is 0.158. The van der Waals surface area contributed by atoms with Crippen molar-refractivity contribution in [3.63, 3.8) is 0 Å². The van der Waals surface area contributed by atoms with Crippen LogP contribution in [0.1, 0.15) is 39.3 Å². The highest BCUT2D eigenvalue weighted by atomic mass is 32.2. The van der Waals surface area contributed by atoms with Crippen molar-refractivity contribution in [2.75, 3.05) is 0 Å². The van der Waals surface area contributed by atoms with Crippen molar-refractivity contribution in [1.29, 1.82) is 0 Å². The summed E-state index contributed by atoms with van der Waals surface area (Å²) in [5, 5.41) is 0. The molecule has 0 saturated carbocycles. The van der Waals surface area contributed by atoms with Gasteiger partial charge >= 0.3 is 0 Å². The summed E-state index contributed by atoms with van der Waals surface area (Å²) in [6.45, 7) is 4.56. The number of likely N-dealkylation sites (tertiary alicyclic amines) is 1. The van der Waals surface area contributed by atoms with E-state index in [1.807, 2.05) is 115 Å². The molecule has 6 aliphatic rings. The van der Waals surface area contributed by atoms with Gasteiger partial charge in [-0.2, -0.15) is 0 Å². The van der Waals surface area contributed by atoms with Crippen molar-refractivity contribution in [2.45, 2.75) is 33.9 Å². The number of amides is 4. The molecule has 0 aromatic heterocycles. The predicted molar refractivity (Wildman–Crippen MR) is 177 cm³/mol. The van der Waals surface area contributed by atoms with Gasteiger partial charge in [0.2, 0.25) is 11.8 Å². The molecule has 0 radical (unpaired) electrons. The largest absolute Gasteiger partial charge is 0.275 e. The Kier molecular flexibility index (Phi) is 5.67. The molecule has 0 spiro atoms. The lowest BCUT2D eigenvalue weighted by molar-refractivity contribution is -0.140. The van der Waals surface area contributed by atoms with Crippen molar-refractivity contribution in [1.82, 2.24) is 9.80 Å². The number of imide groups is 2. The molecular formula is C38H26N2O4S2. The minimum absolute atomic E-state index is 0.0858. The van der Waals surface area contributed by atoms with Gasteiger partial charge in [-0.15, -0.1) is 6.58 Å². The number of allylic oxidation sites excluding steroid dienone is 1. The Balaban J connectivity index is 1.31. The van der Waals surface area contributed by atoms with Gasteiger partial charge in [0.25, 0.3) is 11.8 Å². The molecule has 3 aliphatic carbocycles. The van der Waals surface area contributed by atoms with E-state index in [1.54, 1.807) is 0 Å². The molecule has 46 heavy (non-hydrogen) atoms. The minimum Gasteiger partial charge on any atom is -0.275 e. The van der Waals surface area contributed by atoms with Crippen LogP contribution in [0.15, 0.2) is 132 Å². The van der Waals surface area contributed by atoms with Crippen LogP contribution in [0.5, 0.6) is 0 Å². The van der Waals surface area contributed by atoms with E-state index in [-0.39, 0.29) is 34.7 Å². The first-order valence-electron chi connectivity index (χ1n) is 15.2. The Morgan fingerprint density at radius 1 is 0.609 bits per heavy atom. The summed E-state index contributed by atoms with van der Waals surface area (Å²) in [7, 11) is 0. The lowest BCUT2D eigenvalue weighted by Gasteiger charge is -2.64. The number of hydrogen-bond donors (Lipinski definition) is 0. The monoisotopic (exact) mass is 638 g/mol. The van der Waals surface area contributed by atoms with Gasteiger partial charge in [-0.1, -0.05) is 139 Å². The first-order chi connectivity index (χ1) is 22.4. The molecule has 4 aromatic rings. The molecule has 2 bridgehead atoms. The van der Waals surface area contributed by atoms with Crippen molar-refractivity contribution < 1.29 is 19.2 Å². The molecule has 1 fully saturated rings. The molecule has 2 atom stereocenters. The van der Waals surface area contributed by atoms with Crippen LogP contribution < -0.4 is 0 Å². The Bertz CT molecular complexity index is 2050. The predicted octanol–water partition coefficient (Wildman–Crippen LogP) is 5.92. The van der Waals surface area contributed by atoms with E-state index in [0.29, 0.717) is 0 Å². The molecule has 4 aromatic carbocycles. The third kappa shape index (κ3) is 3.02. The zero-order valence-electron chi connectivity index (χ0n) is 24.5. The summed E-state index contributed by atoms with van der Waals surface area (Å²) >= 11 is 2.26. The van der Waals surface area contributed by atoms with Crippen LogP contribution in [0.3, 0.4) is 0 Å². The molecule has 6 nitrogen and oxygen atoms in total. The highest BCUT2D eigenvalue weighted by Crippen LogP contribution is 2.79. The van der Waals surface area contributed by atoms with Gasteiger partial charge < -0.3 is 0 Å². The second-order valence-corrected chi connectivity index (χ2v) is 14.7. The second kappa shape index (κ2) is 9.44. The molecule has 3 aliphatic heterocycles. The Labute approximate surface area is 274 Å². The van der Waals surface area contributed by atoms with Crippen LogP contribution in [0.2, 0.25) is 0 Å². The third-order valence-electron chi connectivity index (χ3n) is 10.3. The maximum Gasteiger partial charge on any atom is 0.268 e. The summed E-state index contributed by atoms with van der Waals surface area (Å²) in [4.78, 5) is 62.3. The molecule has 10 rings (SSSR count). The second-order valence-electron chi connectivity index (χ2n) is 12.3. The smallest absolute Gasteiger partial charge is 0.268 e. The number of carbonyl (C=O) groups excluding carboxylic acids is 4. The van der Waals surface area contributed by atoms with Crippen LogP contribution >= 0.6 is 23.5 Å².